The number of carbonyl (C=O) groups is 1. The van der Waals surface area contributed by atoms with E-state index in [0.717, 1.165) is 18.2 Å². The second-order valence-corrected chi connectivity index (χ2v) is 4.03. The number of nitrogens with zero attached hydrogens (tertiary/aromatic N) is 4. The normalized spacial score (nSPS) is 8.81. The number of aliphatic imine (C=N–C) groups is 1. The smallest absolute Gasteiger partial charge is 0.550 e. The number of pyridine rings is 1. The van der Waals surface area contributed by atoms with Crippen LogP contribution in [-0.2, 0) is 21.9 Å². The van der Waals surface area contributed by atoms with E-state index in [1.165, 1.54) is 12.2 Å². The maximum absolute atomic E-state index is 9.14. The van der Waals surface area contributed by atoms with Gasteiger partial charge in [0.2, 0.25) is 0 Å². The van der Waals surface area contributed by atoms with Crippen molar-refractivity contribution < 1.29 is 37.7 Å². The molecule has 4 N–H and O–H groups in total. The molecular formula is C16H17CuN5O4. The van der Waals surface area contributed by atoms with E-state index >= 15 is 0 Å². The van der Waals surface area contributed by atoms with Gasteiger partial charge in [-0.1, -0.05) is 36.4 Å². The molecular weight excluding hydrogens is 390 g/mol. The summed E-state index contributed by atoms with van der Waals surface area (Å²) in [7, 11) is 0. The molecule has 0 saturated carbocycles. The summed E-state index contributed by atoms with van der Waals surface area (Å²) in [5.74, 6) is -1.08. The zero-order valence-corrected chi connectivity index (χ0v) is 14.6. The molecule has 9 nitrogen and oxygen atoms in total. The minimum atomic E-state index is -1.08. The zero-order chi connectivity index (χ0) is 18.2. The van der Waals surface area contributed by atoms with Gasteiger partial charge in [-0.2, -0.15) is 10.7 Å². The van der Waals surface area contributed by atoms with E-state index < -0.39 is 5.97 Å². The van der Waals surface area contributed by atoms with Crippen LogP contribution in [0, 0.1) is 11.5 Å². The van der Waals surface area contributed by atoms with Crippen LogP contribution in [0.2, 0.25) is 0 Å². The number of carboxylic acids is 1. The number of aromatic nitrogens is 1. The van der Waals surface area contributed by atoms with Crippen LogP contribution in [0.25, 0.3) is 5.41 Å². The van der Waals surface area contributed by atoms with Crippen LogP contribution in [0.5, 0.6) is 0 Å². The number of carboxylic acid groups (broad SMARTS) is 1. The topological polar surface area (TPSA) is 175 Å². The van der Waals surface area contributed by atoms with Crippen LogP contribution >= 0.6 is 0 Å². The molecule has 1 aromatic carbocycles. The molecule has 0 amide bonds. The molecule has 0 fully saturated rings. The summed E-state index contributed by atoms with van der Waals surface area (Å²) in [6, 6.07) is 16.3. The number of hydrogen-bond donors (Lipinski definition) is 2. The molecule has 0 aliphatic heterocycles. The number of carbonyl (C=O) groups excluding carboxylic acids is 1. The summed E-state index contributed by atoms with van der Waals surface area (Å²) in [4.78, 5) is 15.7. The van der Waals surface area contributed by atoms with Crippen LogP contribution in [0.1, 0.15) is 24.2 Å². The van der Waals surface area contributed by atoms with Gasteiger partial charge in [-0.25, -0.2) is 0 Å². The Morgan fingerprint density at radius 3 is 2.19 bits per heavy atom. The Kier molecular flexibility index (Phi) is 19.8. The zero-order valence-electron chi connectivity index (χ0n) is 13.6. The van der Waals surface area contributed by atoms with E-state index in [-0.39, 0.29) is 28.6 Å². The largest absolute Gasteiger partial charge is 2.00 e. The summed E-state index contributed by atoms with van der Waals surface area (Å²) in [5.41, 5.74) is 4.05. The van der Waals surface area contributed by atoms with Crippen molar-refractivity contribution in [2.75, 3.05) is 0 Å². The first-order valence-corrected chi connectivity index (χ1v) is 6.57. The molecule has 26 heavy (non-hydrogen) atoms. The first-order valence-electron chi connectivity index (χ1n) is 6.57. The number of rotatable bonds is 3. The Morgan fingerprint density at radius 2 is 1.85 bits per heavy atom. The van der Waals surface area contributed by atoms with Gasteiger partial charge in [0, 0.05) is 12.2 Å². The van der Waals surface area contributed by atoms with Crippen molar-refractivity contribution in [3.63, 3.8) is 0 Å². The minimum Gasteiger partial charge on any atom is -0.550 e. The Morgan fingerprint density at radius 1 is 1.31 bits per heavy atom. The van der Waals surface area contributed by atoms with E-state index in [1.807, 2.05) is 48.5 Å². The summed E-state index contributed by atoms with van der Waals surface area (Å²) in [6.45, 7) is 0.972. The fraction of sp³-hybridized carbons (Fsp3) is 0.125. The van der Waals surface area contributed by atoms with Gasteiger partial charge in [0.05, 0.1) is 17.9 Å². The Balaban J connectivity index is -0.000000410. The van der Waals surface area contributed by atoms with E-state index in [0.29, 0.717) is 0 Å². The Bertz CT molecular complexity index is 645. The number of nitrogens with one attached hydrogen (secondary N) is 1. The van der Waals surface area contributed by atoms with Gasteiger partial charge in [-0.05, 0) is 24.6 Å². The van der Waals surface area contributed by atoms with Crippen molar-refractivity contribution in [1.29, 1.82) is 5.26 Å². The number of nitriles is 1. The summed E-state index contributed by atoms with van der Waals surface area (Å²) >= 11 is 0. The van der Waals surface area contributed by atoms with Crippen LogP contribution in [-0.4, -0.2) is 27.6 Å². The molecule has 0 spiro atoms. The maximum atomic E-state index is 9.14. The molecule has 1 radical (unpaired) electrons. The van der Waals surface area contributed by atoms with Gasteiger partial charge in [-0.3, -0.25) is 4.98 Å². The predicted octanol–water partition coefficient (Wildman–Crippen LogP) is 0.290. The molecule has 2 rings (SSSR count). The molecule has 141 valence electrons. The van der Waals surface area contributed by atoms with Crippen molar-refractivity contribution in [2.24, 2.45) is 4.99 Å². The van der Waals surface area contributed by atoms with Gasteiger partial charge < -0.3 is 31.0 Å². The molecule has 0 saturated heterocycles. The molecule has 0 aliphatic carbocycles. The third-order valence-corrected chi connectivity index (χ3v) is 2.35. The van der Waals surface area contributed by atoms with E-state index in [2.05, 4.69) is 15.5 Å². The summed E-state index contributed by atoms with van der Waals surface area (Å²) in [6.07, 6.45) is 2.99. The van der Waals surface area contributed by atoms with Crippen molar-refractivity contribution in [1.82, 2.24) is 10.5 Å². The van der Waals surface area contributed by atoms with Gasteiger partial charge in [0.1, 0.15) is 0 Å². The van der Waals surface area contributed by atoms with Crippen LogP contribution < -0.4 is 10.6 Å². The molecule has 1 aromatic heterocycles. The van der Waals surface area contributed by atoms with E-state index in [1.54, 1.807) is 6.20 Å². The third kappa shape index (κ3) is 13.5. The first-order chi connectivity index (χ1) is 11.6. The summed E-state index contributed by atoms with van der Waals surface area (Å²) in [5, 5.41) is 32.9. The SMILES string of the molecule is CC(=O)[O-].N#CN=C=[N-].O.ONC(c1ccccc1)c1ccccn1.[Cu+2]. The number of hydrogen-bond acceptors (Lipinski definition) is 7. The third-order valence-electron chi connectivity index (χ3n) is 2.35. The number of aliphatic carboxylic acids is 1. The molecule has 10 heteroatoms. The molecule has 1 heterocycles. The maximum Gasteiger partial charge on any atom is 2.00 e. The van der Waals surface area contributed by atoms with E-state index in [4.69, 9.17) is 25.8 Å². The standard InChI is InChI=1S/C12H12N2O.C2N3.C2H4O2.Cu.H2O/c15-14-12(10-6-2-1-3-7-10)11-8-4-5-9-13-11;3-1-5-2-4;1-2(3)4;;/h1-9,12,14-15H;;1H3,(H,3,4);;1H2/q;-1;;+2;/p-1. The van der Waals surface area contributed by atoms with Gasteiger partial charge in [0.15, 0.2) is 0 Å². The quantitative estimate of drug-likeness (QED) is 0.320. The van der Waals surface area contributed by atoms with Crippen LogP contribution in [0.4, 0.5) is 0 Å². The number of hydroxylamine groups is 1. The van der Waals surface area contributed by atoms with Gasteiger partial charge in [-0.15, -0.1) is 6.01 Å². The summed E-state index contributed by atoms with van der Waals surface area (Å²) < 4.78 is 0. The van der Waals surface area contributed by atoms with E-state index in [9.17, 15) is 0 Å². The fourth-order valence-electron chi connectivity index (χ4n) is 1.53. The average Bonchev–Trinajstić information content (AvgIpc) is 2.58. The molecule has 1 unspecified atom stereocenters. The van der Waals surface area contributed by atoms with Crippen LogP contribution in [0.3, 0.4) is 0 Å². The second kappa shape index (κ2) is 18.4. The molecule has 2 aromatic rings. The Hall–Kier alpha value is -2.89. The fourth-order valence-corrected chi connectivity index (χ4v) is 1.53. The molecule has 1 atom stereocenters. The second-order valence-electron chi connectivity index (χ2n) is 4.03. The first kappa shape index (κ1) is 27.9. The van der Waals surface area contributed by atoms with Crippen molar-refractivity contribution in [2.45, 2.75) is 13.0 Å². The van der Waals surface area contributed by atoms with Crippen molar-refractivity contribution in [3.8, 4) is 6.19 Å². The van der Waals surface area contributed by atoms with Crippen molar-refractivity contribution in [3.05, 3.63) is 71.4 Å². The Labute approximate surface area is 161 Å². The average molecular weight is 407 g/mol. The molecule has 0 aliphatic rings. The predicted molar refractivity (Wildman–Crippen MR) is 88.1 cm³/mol. The van der Waals surface area contributed by atoms with Gasteiger partial charge in [0.25, 0.3) is 0 Å². The number of benzene rings is 1. The van der Waals surface area contributed by atoms with Gasteiger partial charge >= 0.3 is 17.1 Å². The van der Waals surface area contributed by atoms with Crippen molar-refractivity contribution >= 4 is 12.0 Å². The monoisotopic (exact) mass is 406 g/mol. The minimum absolute atomic E-state index is 0. The molecule has 0 bridgehead atoms. The van der Waals surface area contributed by atoms with Crippen LogP contribution in [0.15, 0.2) is 59.7 Å².